The van der Waals surface area contributed by atoms with Gasteiger partial charge in [-0.2, -0.15) is 0 Å². The Bertz CT molecular complexity index is 973. The quantitative estimate of drug-likeness (QED) is 0.720. The van der Waals surface area contributed by atoms with Crippen molar-refractivity contribution in [3.05, 3.63) is 41.6 Å². The first-order valence-corrected chi connectivity index (χ1v) is 10.8. The first kappa shape index (κ1) is 20.5. The van der Waals surface area contributed by atoms with Gasteiger partial charge in [0.15, 0.2) is 0 Å². The highest BCUT2D eigenvalue weighted by Gasteiger charge is 2.43. The molecule has 0 saturated carbocycles. The summed E-state index contributed by atoms with van der Waals surface area (Å²) in [6.07, 6.45) is 5.44. The number of thiophene rings is 1. The molecule has 9 heteroatoms. The van der Waals surface area contributed by atoms with Crippen LogP contribution in [0, 0.1) is 11.8 Å². The Morgan fingerprint density at radius 3 is 2.47 bits per heavy atom. The molecular formula is C21H23N3O5S. The van der Waals surface area contributed by atoms with Gasteiger partial charge >= 0.3 is 11.9 Å². The molecule has 1 amide bonds. The van der Waals surface area contributed by atoms with Crippen molar-refractivity contribution >= 4 is 39.3 Å². The second-order valence-corrected chi connectivity index (χ2v) is 9.02. The standard InChI is InChI=1S/C17H19N3OS.C4H4O4/c21-17(15-5-13-1-2-22-16(13)6-18-15)20-9-12-3-11-4-14(20)10-19(7-11)8-12;5-3(6)1-2-4(7)8/h1-2,5-6,11-12,14H,3-4,7-10H2;1-2H,(H,5,6)(H,7,8)/b;2-1+. The van der Waals surface area contributed by atoms with E-state index >= 15 is 0 Å². The van der Waals surface area contributed by atoms with E-state index in [-0.39, 0.29) is 5.91 Å². The lowest BCUT2D eigenvalue weighted by Gasteiger charge is -2.41. The number of nitrogens with zero attached hydrogens (tertiary/aromatic N) is 3. The maximum atomic E-state index is 13.0. The Kier molecular flexibility index (Phi) is 5.83. The molecular weight excluding hydrogens is 406 g/mol. The zero-order valence-corrected chi connectivity index (χ0v) is 17.1. The Labute approximate surface area is 177 Å². The summed E-state index contributed by atoms with van der Waals surface area (Å²) in [5.41, 5.74) is 0.613. The summed E-state index contributed by atoms with van der Waals surface area (Å²) < 4.78 is 1.15. The Hall–Kier alpha value is -2.78. The number of aliphatic carboxylic acids is 2. The molecule has 6 heterocycles. The lowest BCUT2D eigenvalue weighted by atomic mass is 9.84. The van der Waals surface area contributed by atoms with E-state index in [4.69, 9.17) is 10.2 Å². The number of carboxylic acid groups (broad SMARTS) is 2. The van der Waals surface area contributed by atoms with E-state index in [2.05, 4.69) is 26.2 Å². The van der Waals surface area contributed by atoms with Crippen LogP contribution in [0.25, 0.3) is 10.1 Å². The van der Waals surface area contributed by atoms with Gasteiger partial charge in [0.05, 0.1) is 4.70 Å². The molecule has 4 saturated heterocycles. The molecule has 0 aromatic carbocycles. The van der Waals surface area contributed by atoms with Crippen LogP contribution in [0.3, 0.4) is 0 Å². The lowest BCUT2D eigenvalue weighted by molar-refractivity contribution is -0.134. The molecule has 0 aliphatic carbocycles. The van der Waals surface area contributed by atoms with E-state index < -0.39 is 11.9 Å². The SMILES string of the molecule is O=C(O)/C=C/C(=O)O.O=C(c1cc2ccsc2cn1)N1CC2CC3CC1CN(C3)C2. The van der Waals surface area contributed by atoms with Gasteiger partial charge in [-0.25, -0.2) is 14.6 Å². The molecule has 4 aliphatic rings. The number of hydrogen-bond acceptors (Lipinski definition) is 6. The van der Waals surface area contributed by atoms with Crippen molar-refractivity contribution in [3.63, 3.8) is 0 Å². The highest BCUT2D eigenvalue weighted by atomic mass is 32.1. The van der Waals surface area contributed by atoms with Gasteiger partial charge in [-0.15, -0.1) is 11.3 Å². The summed E-state index contributed by atoms with van der Waals surface area (Å²) in [6.45, 7) is 4.39. The largest absolute Gasteiger partial charge is 0.478 e. The Balaban J connectivity index is 0.000000235. The summed E-state index contributed by atoms with van der Waals surface area (Å²) in [5, 5.41) is 18.8. The zero-order valence-electron chi connectivity index (χ0n) is 16.3. The topological polar surface area (TPSA) is 111 Å². The second kappa shape index (κ2) is 8.53. The average molecular weight is 429 g/mol. The number of carbonyl (C=O) groups excluding carboxylic acids is 1. The average Bonchev–Trinajstić information content (AvgIpc) is 3.08. The van der Waals surface area contributed by atoms with Crippen molar-refractivity contribution < 1.29 is 24.6 Å². The molecule has 4 unspecified atom stereocenters. The van der Waals surface area contributed by atoms with Crippen LogP contribution in [0.2, 0.25) is 0 Å². The molecule has 4 bridgehead atoms. The van der Waals surface area contributed by atoms with Gasteiger partial charge < -0.3 is 20.0 Å². The van der Waals surface area contributed by atoms with E-state index in [1.165, 1.54) is 25.9 Å². The van der Waals surface area contributed by atoms with Gasteiger partial charge in [0.2, 0.25) is 0 Å². The van der Waals surface area contributed by atoms with Crippen molar-refractivity contribution in [1.29, 1.82) is 0 Å². The van der Waals surface area contributed by atoms with Crippen LogP contribution < -0.4 is 0 Å². The maximum Gasteiger partial charge on any atom is 0.328 e. The minimum Gasteiger partial charge on any atom is -0.478 e. The van der Waals surface area contributed by atoms with E-state index in [0.717, 1.165) is 29.1 Å². The van der Waals surface area contributed by atoms with Crippen LogP contribution in [0.1, 0.15) is 23.3 Å². The number of rotatable bonds is 3. The van der Waals surface area contributed by atoms with Crippen LogP contribution >= 0.6 is 11.3 Å². The monoisotopic (exact) mass is 429 g/mol. The molecule has 0 radical (unpaired) electrons. The first-order chi connectivity index (χ1) is 14.4. The number of aromatic nitrogens is 1. The van der Waals surface area contributed by atoms with Crippen LogP contribution in [-0.2, 0) is 9.59 Å². The number of pyridine rings is 1. The van der Waals surface area contributed by atoms with Crippen molar-refractivity contribution in [2.24, 2.45) is 11.8 Å². The number of fused-ring (bicyclic) bond motifs is 2. The van der Waals surface area contributed by atoms with Crippen LogP contribution in [-0.4, -0.2) is 75.1 Å². The Morgan fingerprint density at radius 2 is 1.77 bits per heavy atom. The fourth-order valence-corrected chi connectivity index (χ4v) is 5.55. The molecule has 158 valence electrons. The number of carbonyl (C=O) groups is 3. The van der Waals surface area contributed by atoms with E-state index in [1.807, 2.05) is 12.3 Å². The summed E-state index contributed by atoms with van der Waals surface area (Å²) in [6, 6.07) is 4.42. The van der Waals surface area contributed by atoms with E-state index in [0.29, 0.717) is 29.8 Å². The molecule has 2 aromatic heterocycles. The third-order valence-electron chi connectivity index (χ3n) is 5.86. The van der Waals surface area contributed by atoms with Crippen molar-refractivity contribution in [2.45, 2.75) is 18.9 Å². The predicted molar refractivity (Wildman–Crippen MR) is 112 cm³/mol. The van der Waals surface area contributed by atoms with Crippen LogP contribution in [0.15, 0.2) is 35.9 Å². The van der Waals surface area contributed by atoms with Crippen LogP contribution in [0.5, 0.6) is 0 Å². The second-order valence-electron chi connectivity index (χ2n) is 8.07. The van der Waals surface area contributed by atoms with Gasteiger partial charge in [0.25, 0.3) is 5.91 Å². The third kappa shape index (κ3) is 4.52. The van der Waals surface area contributed by atoms with Crippen molar-refractivity contribution in [1.82, 2.24) is 14.8 Å². The molecule has 2 aromatic rings. The van der Waals surface area contributed by atoms with Gasteiger partial charge in [-0.1, -0.05) is 0 Å². The Morgan fingerprint density at radius 1 is 1.03 bits per heavy atom. The molecule has 2 N–H and O–H groups in total. The summed E-state index contributed by atoms with van der Waals surface area (Å²) in [4.78, 5) is 41.3. The minimum atomic E-state index is -1.26. The molecule has 4 atom stereocenters. The summed E-state index contributed by atoms with van der Waals surface area (Å²) in [7, 11) is 0. The maximum absolute atomic E-state index is 13.0. The van der Waals surface area contributed by atoms with Gasteiger partial charge in [-0.3, -0.25) is 4.79 Å². The number of piperidine rings is 2. The molecule has 4 fully saturated rings. The molecule has 30 heavy (non-hydrogen) atoms. The fourth-order valence-electron chi connectivity index (χ4n) is 4.81. The van der Waals surface area contributed by atoms with Crippen LogP contribution in [0.4, 0.5) is 0 Å². The molecule has 4 aliphatic heterocycles. The minimum absolute atomic E-state index is 0.132. The van der Waals surface area contributed by atoms with Crippen molar-refractivity contribution in [3.8, 4) is 0 Å². The first-order valence-electron chi connectivity index (χ1n) is 9.89. The number of amides is 1. The molecule has 6 rings (SSSR count). The van der Waals surface area contributed by atoms with Gasteiger partial charge in [0, 0.05) is 50.6 Å². The highest BCUT2D eigenvalue weighted by Crippen LogP contribution is 2.37. The van der Waals surface area contributed by atoms with E-state index in [1.54, 1.807) is 11.3 Å². The fraction of sp³-hybridized carbons (Fsp3) is 0.429. The number of carboxylic acids is 2. The van der Waals surface area contributed by atoms with Gasteiger partial charge in [0.1, 0.15) is 5.69 Å². The van der Waals surface area contributed by atoms with Gasteiger partial charge in [-0.05, 0) is 47.6 Å². The smallest absolute Gasteiger partial charge is 0.328 e. The highest BCUT2D eigenvalue weighted by molar-refractivity contribution is 7.17. The zero-order chi connectivity index (χ0) is 21.3. The lowest BCUT2D eigenvalue weighted by Crippen LogP contribution is -2.50. The summed E-state index contributed by atoms with van der Waals surface area (Å²) >= 11 is 1.67. The molecule has 0 spiro atoms. The predicted octanol–water partition coefficient (Wildman–Crippen LogP) is 2.17. The molecule has 8 nitrogen and oxygen atoms in total. The number of hydrogen-bond donors (Lipinski definition) is 2. The van der Waals surface area contributed by atoms with E-state index in [9.17, 15) is 14.4 Å². The third-order valence-corrected chi connectivity index (χ3v) is 6.73. The normalized spacial score (nSPS) is 27.0. The van der Waals surface area contributed by atoms with Crippen molar-refractivity contribution in [2.75, 3.05) is 26.2 Å². The summed E-state index contributed by atoms with van der Waals surface area (Å²) in [5.74, 6) is -0.935.